The topological polar surface area (TPSA) is 141 Å². The van der Waals surface area contributed by atoms with E-state index in [1.807, 2.05) is 72.8 Å². The van der Waals surface area contributed by atoms with Gasteiger partial charge in [-0.05, 0) is 71.8 Å². The second-order valence-electron chi connectivity index (χ2n) is 10.5. The fourth-order valence-corrected chi connectivity index (χ4v) is 5.03. The van der Waals surface area contributed by atoms with Crippen molar-refractivity contribution in [1.29, 1.82) is 5.41 Å². The van der Waals surface area contributed by atoms with Crippen LogP contribution in [0.15, 0.2) is 97.1 Å². The number of aryl methyl sites for hydroxylation is 1. The summed E-state index contributed by atoms with van der Waals surface area (Å²) in [5.41, 5.74) is 10.3. The van der Waals surface area contributed by atoms with Gasteiger partial charge in [0.2, 0.25) is 0 Å². The molecule has 0 bridgehead atoms. The smallest absolute Gasteiger partial charge is 0.344 e. The van der Waals surface area contributed by atoms with Gasteiger partial charge in [0.15, 0.2) is 6.61 Å². The molecular formula is C35H33N3O6. The molecule has 44 heavy (non-hydrogen) atoms. The van der Waals surface area contributed by atoms with Gasteiger partial charge in [-0.15, -0.1) is 0 Å². The van der Waals surface area contributed by atoms with E-state index in [1.165, 1.54) is 18.2 Å². The number of amides is 1. The number of esters is 2. The number of carbonyl (C=O) groups is 3. The third kappa shape index (κ3) is 7.89. The number of nitrogen functional groups attached to an aromatic ring is 1. The molecule has 0 saturated carbocycles. The highest BCUT2D eigenvalue weighted by atomic mass is 16.6. The Morgan fingerprint density at radius 1 is 0.795 bits per heavy atom. The standard InChI is InChI=1S/C35H33N3O6/c36-33(37)31-19-27(35(41)44-21-24-9-5-2-6-10-24)13-16-30(31)34(40)38-28-14-11-26-18-29(15-12-25(26)17-28)42-22-32(39)43-20-23-7-3-1-4-8-23/h1-10,12-13,15-16,18-19,28H,11,14,17,20-22H2,(H3,36,37)(H,38,40). The number of ether oxygens (including phenoxy) is 3. The molecule has 0 spiro atoms. The van der Waals surface area contributed by atoms with Gasteiger partial charge in [-0.25, -0.2) is 9.59 Å². The predicted molar refractivity (Wildman–Crippen MR) is 164 cm³/mol. The van der Waals surface area contributed by atoms with Crippen molar-refractivity contribution in [1.82, 2.24) is 5.32 Å². The monoisotopic (exact) mass is 591 g/mol. The van der Waals surface area contributed by atoms with Crippen LogP contribution in [0.25, 0.3) is 0 Å². The summed E-state index contributed by atoms with van der Waals surface area (Å²) in [5.74, 6) is -1.13. The van der Waals surface area contributed by atoms with Gasteiger partial charge in [0, 0.05) is 11.6 Å². The summed E-state index contributed by atoms with van der Waals surface area (Å²) in [7, 11) is 0. The summed E-state index contributed by atoms with van der Waals surface area (Å²) in [4.78, 5) is 38.0. The van der Waals surface area contributed by atoms with Crippen molar-refractivity contribution in [3.8, 4) is 5.75 Å². The van der Waals surface area contributed by atoms with Gasteiger partial charge in [0.1, 0.15) is 24.8 Å². The van der Waals surface area contributed by atoms with Crippen molar-refractivity contribution in [3.05, 3.63) is 136 Å². The van der Waals surface area contributed by atoms with Crippen LogP contribution < -0.4 is 15.8 Å². The molecule has 4 aromatic carbocycles. The Labute approximate surface area is 255 Å². The first kappa shape index (κ1) is 30.0. The molecule has 1 aliphatic rings. The van der Waals surface area contributed by atoms with E-state index in [-0.39, 0.29) is 54.3 Å². The summed E-state index contributed by atoms with van der Waals surface area (Å²) < 4.78 is 16.3. The molecule has 4 N–H and O–H groups in total. The van der Waals surface area contributed by atoms with Crippen LogP contribution in [0, 0.1) is 5.41 Å². The minimum absolute atomic E-state index is 0.107. The quantitative estimate of drug-likeness (QED) is 0.130. The molecule has 1 atom stereocenters. The molecule has 0 aromatic heterocycles. The van der Waals surface area contributed by atoms with E-state index in [4.69, 9.17) is 25.4 Å². The molecule has 4 aromatic rings. The lowest BCUT2D eigenvalue weighted by Gasteiger charge is -2.26. The van der Waals surface area contributed by atoms with E-state index in [2.05, 4.69) is 5.32 Å². The molecule has 5 rings (SSSR count). The lowest BCUT2D eigenvalue weighted by molar-refractivity contribution is -0.147. The number of hydrogen-bond acceptors (Lipinski definition) is 7. The zero-order chi connectivity index (χ0) is 30.9. The molecule has 1 amide bonds. The Kier molecular flexibility index (Phi) is 9.66. The normalized spacial score (nSPS) is 13.7. The van der Waals surface area contributed by atoms with Crippen LogP contribution in [-0.4, -0.2) is 36.3 Å². The second kappa shape index (κ2) is 14.2. The van der Waals surface area contributed by atoms with Crippen molar-refractivity contribution < 1.29 is 28.6 Å². The van der Waals surface area contributed by atoms with E-state index < -0.39 is 11.9 Å². The van der Waals surface area contributed by atoms with Crippen LogP contribution in [0.3, 0.4) is 0 Å². The summed E-state index contributed by atoms with van der Waals surface area (Å²) in [6.07, 6.45) is 2.02. The van der Waals surface area contributed by atoms with E-state index in [0.29, 0.717) is 25.0 Å². The molecular weight excluding hydrogens is 558 g/mol. The Morgan fingerprint density at radius 3 is 2.16 bits per heavy atom. The number of carbonyl (C=O) groups excluding carboxylic acids is 3. The van der Waals surface area contributed by atoms with Crippen LogP contribution >= 0.6 is 0 Å². The predicted octanol–water partition coefficient (Wildman–Crippen LogP) is 4.74. The summed E-state index contributed by atoms with van der Waals surface area (Å²) in [6.45, 7) is 0.112. The fraction of sp³-hybridized carbons (Fsp3) is 0.200. The average molecular weight is 592 g/mol. The number of rotatable bonds is 11. The van der Waals surface area contributed by atoms with Gasteiger partial charge >= 0.3 is 11.9 Å². The lowest BCUT2D eigenvalue weighted by Crippen LogP contribution is -2.39. The lowest BCUT2D eigenvalue weighted by atomic mass is 9.88. The minimum Gasteiger partial charge on any atom is -0.482 e. The molecule has 0 fully saturated rings. The summed E-state index contributed by atoms with van der Waals surface area (Å²) >= 11 is 0. The van der Waals surface area contributed by atoms with Gasteiger partial charge in [-0.2, -0.15) is 0 Å². The van der Waals surface area contributed by atoms with E-state index in [0.717, 1.165) is 22.3 Å². The molecule has 0 radical (unpaired) electrons. The van der Waals surface area contributed by atoms with Crippen LogP contribution in [0.5, 0.6) is 5.75 Å². The van der Waals surface area contributed by atoms with Crippen LogP contribution in [0.1, 0.15) is 55.0 Å². The maximum absolute atomic E-state index is 13.2. The first-order chi connectivity index (χ1) is 21.4. The third-order valence-electron chi connectivity index (χ3n) is 7.34. The maximum Gasteiger partial charge on any atom is 0.344 e. The molecule has 9 heteroatoms. The number of nitrogens with one attached hydrogen (secondary N) is 2. The highest BCUT2D eigenvalue weighted by molar-refractivity contribution is 6.09. The number of fused-ring (bicyclic) bond motifs is 1. The highest BCUT2D eigenvalue weighted by Crippen LogP contribution is 2.26. The van der Waals surface area contributed by atoms with Crippen LogP contribution in [0.4, 0.5) is 0 Å². The van der Waals surface area contributed by atoms with Gasteiger partial charge < -0.3 is 25.3 Å². The van der Waals surface area contributed by atoms with Gasteiger partial charge in [-0.1, -0.05) is 66.7 Å². The second-order valence-corrected chi connectivity index (χ2v) is 10.5. The Bertz CT molecular complexity index is 1660. The van der Waals surface area contributed by atoms with Crippen molar-refractivity contribution in [2.45, 2.75) is 38.5 Å². The maximum atomic E-state index is 13.2. The largest absolute Gasteiger partial charge is 0.482 e. The highest BCUT2D eigenvalue weighted by Gasteiger charge is 2.24. The third-order valence-corrected chi connectivity index (χ3v) is 7.34. The van der Waals surface area contributed by atoms with Gasteiger partial charge in [-0.3, -0.25) is 10.2 Å². The van der Waals surface area contributed by atoms with E-state index >= 15 is 0 Å². The molecule has 1 unspecified atom stereocenters. The number of benzene rings is 4. The van der Waals surface area contributed by atoms with Gasteiger partial charge in [0.05, 0.1) is 11.1 Å². The minimum atomic E-state index is -0.570. The zero-order valence-electron chi connectivity index (χ0n) is 24.1. The molecule has 0 heterocycles. The number of hydrogen-bond donors (Lipinski definition) is 3. The zero-order valence-corrected chi connectivity index (χ0v) is 24.1. The average Bonchev–Trinajstić information content (AvgIpc) is 3.05. The van der Waals surface area contributed by atoms with Gasteiger partial charge in [0.25, 0.3) is 5.91 Å². The van der Waals surface area contributed by atoms with E-state index in [9.17, 15) is 14.4 Å². The molecule has 9 nitrogen and oxygen atoms in total. The number of amidine groups is 1. The Balaban J connectivity index is 1.15. The Hall–Kier alpha value is -5.44. The molecule has 1 aliphatic carbocycles. The SMILES string of the molecule is N=C(N)c1cc(C(=O)OCc2ccccc2)ccc1C(=O)NC1CCc2cc(OCC(=O)OCc3ccccc3)ccc2C1. The van der Waals surface area contributed by atoms with Crippen LogP contribution in [-0.2, 0) is 40.3 Å². The Morgan fingerprint density at radius 2 is 1.48 bits per heavy atom. The summed E-state index contributed by atoms with van der Waals surface area (Å²) in [6, 6.07) is 28.7. The van der Waals surface area contributed by atoms with Crippen molar-refractivity contribution in [2.24, 2.45) is 5.73 Å². The van der Waals surface area contributed by atoms with Crippen molar-refractivity contribution >= 4 is 23.7 Å². The fourth-order valence-electron chi connectivity index (χ4n) is 5.03. The summed E-state index contributed by atoms with van der Waals surface area (Å²) in [5, 5.41) is 11.1. The van der Waals surface area contributed by atoms with Crippen molar-refractivity contribution in [3.63, 3.8) is 0 Å². The first-order valence-corrected chi connectivity index (χ1v) is 14.3. The van der Waals surface area contributed by atoms with Crippen molar-refractivity contribution in [2.75, 3.05) is 6.61 Å². The molecule has 0 saturated heterocycles. The van der Waals surface area contributed by atoms with E-state index in [1.54, 1.807) is 6.07 Å². The molecule has 224 valence electrons. The molecule has 0 aliphatic heterocycles. The number of nitrogens with two attached hydrogens (primary N) is 1. The van der Waals surface area contributed by atoms with Crippen LogP contribution in [0.2, 0.25) is 0 Å². The first-order valence-electron chi connectivity index (χ1n) is 14.3.